The quantitative estimate of drug-likeness (QED) is 0.861. The highest BCUT2D eigenvalue weighted by Crippen LogP contribution is 2.38. The van der Waals surface area contributed by atoms with Crippen molar-refractivity contribution >= 4 is 5.91 Å². The Morgan fingerprint density at radius 1 is 0.960 bits per heavy atom. The fourth-order valence-electron chi connectivity index (χ4n) is 4.42. The van der Waals surface area contributed by atoms with Crippen LogP contribution in [0.2, 0.25) is 0 Å². The minimum Gasteiger partial charge on any atom is -0.381 e. The first kappa shape index (κ1) is 16.3. The number of likely N-dealkylation sites (N-methyl/N-ethyl adjacent to an activating group) is 1. The van der Waals surface area contributed by atoms with Gasteiger partial charge in [0.05, 0.1) is 5.41 Å². The van der Waals surface area contributed by atoms with E-state index in [2.05, 4.69) is 36.4 Å². The summed E-state index contributed by atoms with van der Waals surface area (Å²) in [4.78, 5) is 15.6. The lowest BCUT2D eigenvalue weighted by Crippen LogP contribution is -2.52. The van der Waals surface area contributed by atoms with E-state index in [0.29, 0.717) is 13.2 Å². The fraction of sp³-hybridized carbons (Fsp3) is 0.409. The maximum absolute atomic E-state index is 13.6. The monoisotopic (exact) mass is 335 g/mol. The fourth-order valence-corrected chi connectivity index (χ4v) is 4.42. The third kappa shape index (κ3) is 2.87. The lowest BCUT2D eigenvalue weighted by molar-refractivity contribution is -0.142. The van der Waals surface area contributed by atoms with Crippen LogP contribution in [0.25, 0.3) is 0 Å². The van der Waals surface area contributed by atoms with Gasteiger partial charge in [-0.05, 0) is 42.4 Å². The number of amides is 1. The molecule has 130 valence electrons. The molecule has 0 unspecified atom stereocenters. The van der Waals surface area contributed by atoms with E-state index in [-0.39, 0.29) is 11.9 Å². The molecule has 1 aliphatic heterocycles. The standard InChI is InChI=1S/C22H25NO2/c1-23(20-15-17-7-5-6-8-18(17)16-20)21(24)22(11-13-25-14-12-22)19-9-3-2-4-10-19/h2-10,20H,11-16H2,1H3. The van der Waals surface area contributed by atoms with Crippen molar-refractivity contribution in [2.45, 2.75) is 37.1 Å². The Kier molecular flexibility index (Phi) is 4.34. The van der Waals surface area contributed by atoms with Crippen LogP contribution in [0.5, 0.6) is 0 Å². The average Bonchev–Trinajstić information content (AvgIpc) is 3.12. The summed E-state index contributed by atoms with van der Waals surface area (Å²) in [7, 11) is 1.99. The Morgan fingerprint density at radius 2 is 1.52 bits per heavy atom. The largest absolute Gasteiger partial charge is 0.381 e. The van der Waals surface area contributed by atoms with E-state index in [1.165, 1.54) is 11.1 Å². The van der Waals surface area contributed by atoms with Crippen molar-refractivity contribution in [2.75, 3.05) is 20.3 Å². The molecule has 3 nitrogen and oxygen atoms in total. The number of nitrogens with zero attached hydrogens (tertiary/aromatic N) is 1. The molecule has 0 radical (unpaired) electrons. The molecule has 2 aromatic carbocycles. The second-order valence-corrected chi connectivity index (χ2v) is 7.31. The Hall–Kier alpha value is -2.13. The van der Waals surface area contributed by atoms with Crippen LogP contribution in [0, 0.1) is 0 Å². The zero-order valence-electron chi connectivity index (χ0n) is 14.8. The summed E-state index contributed by atoms with van der Waals surface area (Å²) in [5.74, 6) is 0.250. The van der Waals surface area contributed by atoms with E-state index >= 15 is 0 Å². The Morgan fingerprint density at radius 3 is 2.12 bits per heavy atom. The van der Waals surface area contributed by atoms with Gasteiger partial charge in [-0.25, -0.2) is 0 Å². The van der Waals surface area contributed by atoms with Crippen molar-refractivity contribution in [3.63, 3.8) is 0 Å². The van der Waals surface area contributed by atoms with Crippen LogP contribution in [-0.4, -0.2) is 37.1 Å². The van der Waals surface area contributed by atoms with Crippen molar-refractivity contribution in [2.24, 2.45) is 0 Å². The van der Waals surface area contributed by atoms with E-state index in [4.69, 9.17) is 4.74 Å². The van der Waals surface area contributed by atoms with Crippen LogP contribution in [0.4, 0.5) is 0 Å². The summed E-state index contributed by atoms with van der Waals surface area (Å²) < 4.78 is 5.58. The topological polar surface area (TPSA) is 29.5 Å². The van der Waals surface area contributed by atoms with Gasteiger partial charge in [-0.15, -0.1) is 0 Å². The number of benzene rings is 2. The highest BCUT2D eigenvalue weighted by Gasteiger charge is 2.45. The molecule has 1 amide bonds. The van der Waals surface area contributed by atoms with E-state index in [1.54, 1.807) is 0 Å². The lowest BCUT2D eigenvalue weighted by atomic mass is 9.73. The van der Waals surface area contributed by atoms with Crippen LogP contribution >= 0.6 is 0 Å². The Balaban J connectivity index is 1.61. The second kappa shape index (κ2) is 6.64. The molecular weight excluding hydrogens is 310 g/mol. The molecule has 0 saturated carbocycles. The summed E-state index contributed by atoms with van der Waals surface area (Å²) in [5, 5.41) is 0. The van der Waals surface area contributed by atoms with Crippen LogP contribution < -0.4 is 0 Å². The number of hydrogen-bond donors (Lipinski definition) is 0. The number of fused-ring (bicyclic) bond motifs is 1. The zero-order valence-corrected chi connectivity index (χ0v) is 14.8. The molecule has 0 spiro atoms. The first-order valence-electron chi connectivity index (χ1n) is 9.18. The number of ether oxygens (including phenoxy) is 1. The van der Waals surface area contributed by atoms with Gasteiger partial charge >= 0.3 is 0 Å². The van der Waals surface area contributed by atoms with Gasteiger partial charge in [0.2, 0.25) is 5.91 Å². The maximum atomic E-state index is 13.6. The molecule has 1 aliphatic carbocycles. The summed E-state index contributed by atoms with van der Waals surface area (Å²) in [5.41, 5.74) is 3.45. The summed E-state index contributed by atoms with van der Waals surface area (Å²) >= 11 is 0. The van der Waals surface area contributed by atoms with Gasteiger partial charge in [0.1, 0.15) is 0 Å². The van der Waals surface area contributed by atoms with Crippen LogP contribution in [0.1, 0.15) is 29.5 Å². The van der Waals surface area contributed by atoms with E-state index in [9.17, 15) is 4.79 Å². The first-order chi connectivity index (χ1) is 12.2. The molecule has 0 bridgehead atoms. The zero-order chi connectivity index (χ0) is 17.3. The van der Waals surface area contributed by atoms with Gasteiger partial charge in [0.25, 0.3) is 0 Å². The van der Waals surface area contributed by atoms with Crippen molar-refractivity contribution in [3.8, 4) is 0 Å². The van der Waals surface area contributed by atoms with Gasteiger partial charge in [0, 0.05) is 26.3 Å². The third-order valence-electron chi connectivity index (χ3n) is 5.98. The van der Waals surface area contributed by atoms with Gasteiger partial charge in [-0.3, -0.25) is 4.79 Å². The molecule has 4 rings (SSSR count). The lowest BCUT2D eigenvalue weighted by Gasteiger charge is -2.40. The SMILES string of the molecule is CN(C(=O)C1(c2ccccc2)CCOCC1)C1Cc2ccccc2C1. The second-order valence-electron chi connectivity index (χ2n) is 7.31. The number of carbonyl (C=O) groups excluding carboxylic acids is 1. The third-order valence-corrected chi connectivity index (χ3v) is 5.98. The highest BCUT2D eigenvalue weighted by atomic mass is 16.5. The van der Waals surface area contributed by atoms with Gasteiger partial charge < -0.3 is 9.64 Å². The molecule has 1 saturated heterocycles. The predicted octanol–water partition coefficient (Wildman–Crippen LogP) is 3.36. The Labute approximate surface area is 149 Å². The molecule has 2 aromatic rings. The van der Waals surface area contributed by atoms with Crippen molar-refractivity contribution in [3.05, 3.63) is 71.3 Å². The van der Waals surface area contributed by atoms with E-state index in [0.717, 1.165) is 31.2 Å². The molecule has 0 aromatic heterocycles. The normalized spacial score (nSPS) is 19.4. The summed E-state index contributed by atoms with van der Waals surface area (Å²) in [6.07, 6.45) is 3.44. The molecule has 0 atom stereocenters. The average molecular weight is 335 g/mol. The molecule has 25 heavy (non-hydrogen) atoms. The molecule has 3 heteroatoms. The van der Waals surface area contributed by atoms with Crippen molar-refractivity contribution in [1.82, 2.24) is 4.90 Å². The van der Waals surface area contributed by atoms with Crippen LogP contribution in [0.15, 0.2) is 54.6 Å². The molecule has 1 fully saturated rings. The molecular formula is C22H25NO2. The smallest absolute Gasteiger partial charge is 0.233 e. The van der Waals surface area contributed by atoms with E-state index in [1.807, 2.05) is 30.1 Å². The summed E-state index contributed by atoms with van der Waals surface area (Å²) in [6.45, 7) is 1.30. The minimum absolute atomic E-state index is 0.250. The first-order valence-corrected chi connectivity index (χ1v) is 9.18. The van der Waals surface area contributed by atoms with Crippen molar-refractivity contribution in [1.29, 1.82) is 0 Å². The van der Waals surface area contributed by atoms with Gasteiger partial charge in [-0.1, -0.05) is 54.6 Å². The van der Waals surface area contributed by atoms with Gasteiger partial charge in [0.15, 0.2) is 0 Å². The molecule has 0 N–H and O–H groups in total. The van der Waals surface area contributed by atoms with Crippen molar-refractivity contribution < 1.29 is 9.53 Å². The van der Waals surface area contributed by atoms with Gasteiger partial charge in [-0.2, -0.15) is 0 Å². The van der Waals surface area contributed by atoms with Crippen LogP contribution in [-0.2, 0) is 27.8 Å². The van der Waals surface area contributed by atoms with E-state index < -0.39 is 5.41 Å². The predicted molar refractivity (Wildman–Crippen MR) is 98.6 cm³/mol. The number of hydrogen-bond acceptors (Lipinski definition) is 2. The number of carbonyl (C=O) groups is 1. The van der Waals surface area contributed by atoms with Crippen LogP contribution in [0.3, 0.4) is 0 Å². The minimum atomic E-state index is -0.441. The molecule has 1 heterocycles. The molecule has 2 aliphatic rings. The highest BCUT2D eigenvalue weighted by molar-refractivity contribution is 5.88. The maximum Gasteiger partial charge on any atom is 0.233 e. The number of rotatable bonds is 3. The Bertz CT molecular complexity index is 725. The summed E-state index contributed by atoms with van der Waals surface area (Å²) in [6, 6.07) is 19.1.